The molecule has 3 rings (SSSR count). The third-order valence-corrected chi connectivity index (χ3v) is 4.35. The first kappa shape index (κ1) is 15.6. The van der Waals surface area contributed by atoms with Gasteiger partial charge < -0.3 is 19.4 Å². The van der Waals surface area contributed by atoms with E-state index in [0.29, 0.717) is 17.6 Å². The number of hydrogen-bond donors (Lipinski definition) is 1. The number of aromatic carboxylic acids is 1. The average Bonchev–Trinajstić information content (AvgIpc) is 3.01. The molecule has 6 heteroatoms. The fraction of sp³-hybridized carbons (Fsp3) is 0.412. The standard InChI is InChI=1S/C17H21N3O3/c1-19(2)13-9-6-10-20(11-13)16-14(17(21)22)15(23-18-16)12-7-4-3-5-8-12/h3-5,7-8,13H,6,9-11H2,1-2H3,(H,21,22). The highest BCUT2D eigenvalue weighted by molar-refractivity contribution is 5.99. The van der Waals surface area contributed by atoms with Gasteiger partial charge in [-0.2, -0.15) is 0 Å². The van der Waals surface area contributed by atoms with Crippen molar-refractivity contribution in [1.82, 2.24) is 10.1 Å². The Bertz CT molecular complexity index is 682. The SMILES string of the molecule is CN(C)C1CCCN(c2noc(-c3ccccc3)c2C(=O)O)C1. The summed E-state index contributed by atoms with van der Waals surface area (Å²) in [7, 11) is 4.09. The Balaban J connectivity index is 1.97. The van der Waals surface area contributed by atoms with Crippen LogP contribution in [0, 0.1) is 0 Å². The molecule has 0 aliphatic carbocycles. The van der Waals surface area contributed by atoms with Gasteiger partial charge in [0.05, 0.1) is 0 Å². The minimum atomic E-state index is -1.01. The molecular weight excluding hydrogens is 294 g/mol. The third kappa shape index (κ3) is 3.07. The van der Waals surface area contributed by atoms with E-state index in [1.807, 2.05) is 49.3 Å². The largest absolute Gasteiger partial charge is 0.477 e. The normalized spacial score (nSPS) is 18.4. The van der Waals surface area contributed by atoms with Gasteiger partial charge in [-0.1, -0.05) is 35.5 Å². The highest BCUT2D eigenvalue weighted by atomic mass is 16.5. The van der Waals surface area contributed by atoms with Crippen LogP contribution in [0.1, 0.15) is 23.2 Å². The second kappa shape index (κ2) is 6.42. The zero-order valence-corrected chi connectivity index (χ0v) is 13.4. The van der Waals surface area contributed by atoms with Gasteiger partial charge in [0, 0.05) is 24.7 Å². The first-order chi connectivity index (χ1) is 11.1. The molecule has 1 aliphatic heterocycles. The maximum atomic E-state index is 11.8. The average molecular weight is 315 g/mol. The monoisotopic (exact) mass is 315 g/mol. The summed E-state index contributed by atoms with van der Waals surface area (Å²) < 4.78 is 5.41. The van der Waals surface area contributed by atoms with Gasteiger partial charge in [0.15, 0.2) is 17.1 Å². The van der Waals surface area contributed by atoms with Crippen molar-refractivity contribution in [3.8, 4) is 11.3 Å². The van der Waals surface area contributed by atoms with Crippen LogP contribution in [0.5, 0.6) is 0 Å². The molecule has 1 aromatic heterocycles. The van der Waals surface area contributed by atoms with Gasteiger partial charge in [-0.05, 0) is 26.9 Å². The highest BCUT2D eigenvalue weighted by Gasteiger charge is 2.30. The molecule has 1 aliphatic rings. The summed E-state index contributed by atoms with van der Waals surface area (Å²) in [4.78, 5) is 16.0. The Hall–Kier alpha value is -2.34. The van der Waals surface area contributed by atoms with Gasteiger partial charge in [0.2, 0.25) is 0 Å². The van der Waals surface area contributed by atoms with Gasteiger partial charge in [-0.25, -0.2) is 4.79 Å². The van der Waals surface area contributed by atoms with Crippen molar-refractivity contribution < 1.29 is 14.4 Å². The number of piperidine rings is 1. The van der Waals surface area contributed by atoms with Crippen LogP contribution in [0.2, 0.25) is 0 Å². The Morgan fingerprint density at radius 2 is 2.09 bits per heavy atom. The summed E-state index contributed by atoms with van der Waals surface area (Å²) in [6.07, 6.45) is 2.12. The first-order valence-electron chi connectivity index (χ1n) is 7.77. The van der Waals surface area contributed by atoms with Crippen LogP contribution in [0.3, 0.4) is 0 Å². The number of likely N-dealkylation sites (N-methyl/N-ethyl adjacent to an activating group) is 1. The number of nitrogens with zero attached hydrogens (tertiary/aromatic N) is 3. The molecule has 0 saturated carbocycles. The molecule has 1 atom stereocenters. The Morgan fingerprint density at radius 1 is 1.35 bits per heavy atom. The molecule has 0 spiro atoms. The Kier molecular flexibility index (Phi) is 4.34. The predicted molar refractivity (Wildman–Crippen MR) is 87.8 cm³/mol. The summed E-state index contributed by atoms with van der Waals surface area (Å²) in [6.45, 7) is 1.55. The summed E-state index contributed by atoms with van der Waals surface area (Å²) in [6, 6.07) is 9.64. The number of anilines is 1. The van der Waals surface area contributed by atoms with Crippen molar-refractivity contribution in [1.29, 1.82) is 0 Å². The van der Waals surface area contributed by atoms with E-state index >= 15 is 0 Å². The number of benzene rings is 1. The first-order valence-corrected chi connectivity index (χ1v) is 7.77. The molecule has 122 valence electrons. The number of rotatable bonds is 4. The minimum Gasteiger partial charge on any atom is -0.477 e. The summed E-state index contributed by atoms with van der Waals surface area (Å²) in [5.74, 6) is -0.255. The van der Waals surface area contributed by atoms with Gasteiger partial charge in [0.25, 0.3) is 0 Å². The molecule has 2 aromatic rings. The van der Waals surface area contributed by atoms with Crippen molar-refractivity contribution in [3.63, 3.8) is 0 Å². The van der Waals surface area contributed by atoms with Crippen LogP contribution < -0.4 is 4.90 Å². The fourth-order valence-electron chi connectivity index (χ4n) is 3.05. The van der Waals surface area contributed by atoms with Gasteiger partial charge in [0.1, 0.15) is 0 Å². The lowest BCUT2D eigenvalue weighted by molar-refractivity contribution is 0.0697. The molecule has 2 heterocycles. The molecule has 1 aromatic carbocycles. The maximum absolute atomic E-state index is 11.8. The van der Waals surface area contributed by atoms with Crippen LogP contribution in [-0.4, -0.2) is 54.4 Å². The van der Waals surface area contributed by atoms with Gasteiger partial charge in [-0.3, -0.25) is 0 Å². The van der Waals surface area contributed by atoms with E-state index in [-0.39, 0.29) is 5.56 Å². The summed E-state index contributed by atoms with van der Waals surface area (Å²) in [5.41, 5.74) is 0.875. The van der Waals surface area contributed by atoms with Crippen molar-refractivity contribution in [2.75, 3.05) is 32.1 Å². The lowest BCUT2D eigenvalue weighted by Crippen LogP contribution is -2.45. The molecule has 0 amide bonds. The summed E-state index contributed by atoms with van der Waals surface area (Å²) in [5, 5.41) is 13.7. The fourth-order valence-corrected chi connectivity index (χ4v) is 3.05. The molecule has 23 heavy (non-hydrogen) atoms. The molecular formula is C17H21N3O3. The molecule has 1 unspecified atom stereocenters. The third-order valence-electron chi connectivity index (χ3n) is 4.35. The van der Waals surface area contributed by atoms with Crippen molar-refractivity contribution >= 4 is 11.8 Å². The van der Waals surface area contributed by atoms with E-state index in [0.717, 1.165) is 31.5 Å². The van der Waals surface area contributed by atoms with Crippen LogP contribution in [-0.2, 0) is 0 Å². The van der Waals surface area contributed by atoms with E-state index in [2.05, 4.69) is 10.1 Å². The molecule has 1 N–H and O–H groups in total. The number of carboxylic acids is 1. The van der Waals surface area contributed by atoms with Crippen LogP contribution in [0.15, 0.2) is 34.9 Å². The molecule has 0 radical (unpaired) electrons. The highest BCUT2D eigenvalue weighted by Crippen LogP contribution is 2.32. The molecule has 6 nitrogen and oxygen atoms in total. The smallest absolute Gasteiger partial charge is 0.343 e. The predicted octanol–water partition coefficient (Wildman–Crippen LogP) is 2.57. The van der Waals surface area contributed by atoms with E-state index in [1.165, 1.54) is 0 Å². The maximum Gasteiger partial charge on any atom is 0.343 e. The second-order valence-corrected chi connectivity index (χ2v) is 6.09. The topological polar surface area (TPSA) is 69.8 Å². The van der Waals surface area contributed by atoms with E-state index < -0.39 is 5.97 Å². The van der Waals surface area contributed by atoms with Gasteiger partial charge >= 0.3 is 5.97 Å². The summed E-state index contributed by atoms with van der Waals surface area (Å²) >= 11 is 0. The van der Waals surface area contributed by atoms with E-state index in [9.17, 15) is 9.90 Å². The second-order valence-electron chi connectivity index (χ2n) is 6.09. The number of aromatic nitrogens is 1. The number of hydrogen-bond acceptors (Lipinski definition) is 5. The van der Waals surface area contributed by atoms with Gasteiger partial charge in [-0.15, -0.1) is 0 Å². The number of carboxylic acid groups (broad SMARTS) is 1. The Labute approximate surface area is 135 Å². The Morgan fingerprint density at radius 3 is 2.74 bits per heavy atom. The molecule has 1 saturated heterocycles. The lowest BCUT2D eigenvalue weighted by atomic mass is 10.0. The van der Waals surface area contributed by atoms with E-state index in [1.54, 1.807) is 0 Å². The van der Waals surface area contributed by atoms with Crippen LogP contribution in [0.25, 0.3) is 11.3 Å². The molecule has 1 fully saturated rings. The lowest BCUT2D eigenvalue weighted by Gasteiger charge is -2.36. The minimum absolute atomic E-state index is 0.149. The van der Waals surface area contributed by atoms with Crippen molar-refractivity contribution in [3.05, 3.63) is 35.9 Å². The van der Waals surface area contributed by atoms with Crippen LogP contribution in [0.4, 0.5) is 5.82 Å². The van der Waals surface area contributed by atoms with Crippen molar-refractivity contribution in [2.45, 2.75) is 18.9 Å². The van der Waals surface area contributed by atoms with Crippen molar-refractivity contribution in [2.24, 2.45) is 0 Å². The molecule has 0 bridgehead atoms. The number of carbonyl (C=O) groups is 1. The quantitative estimate of drug-likeness (QED) is 0.935. The van der Waals surface area contributed by atoms with E-state index in [4.69, 9.17) is 4.52 Å². The van der Waals surface area contributed by atoms with Crippen LogP contribution >= 0.6 is 0 Å². The zero-order valence-electron chi connectivity index (χ0n) is 13.4. The zero-order chi connectivity index (χ0) is 16.4.